The van der Waals surface area contributed by atoms with Crippen LogP contribution in [-0.4, -0.2) is 54.7 Å². The summed E-state index contributed by atoms with van der Waals surface area (Å²) in [5.41, 5.74) is 0. The van der Waals surface area contributed by atoms with Crippen LogP contribution in [0.15, 0.2) is 0 Å². The van der Waals surface area contributed by atoms with Crippen molar-refractivity contribution in [3.8, 4) is 0 Å². The van der Waals surface area contributed by atoms with Crippen molar-refractivity contribution in [1.29, 1.82) is 0 Å². The minimum absolute atomic E-state index is 0.108. The molecule has 0 aliphatic carbocycles. The number of urea groups is 1. The van der Waals surface area contributed by atoms with Crippen molar-refractivity contribution >= 4 is 6.03 Å². The number of carbonyl (C=O) groups excluding carboxylic acids is 1. The van der Waals surface area contributed by atoms with Crippen LogP contribution in [0.2, 0.25) is 0 Å². The highest BCUT2D eigenvalue weighted by Crippen LogP contribution is 2.14. The van der Waals surface area contributed by atoms with Crippen molar-refractivity contribution in [1.82, 2.24) is 9.80 Å². The Morgan fingerprint density at radius 2 is 2.12 bits per heavy atom. The second kappa shape index (κ2) is 6.84. The molecule has 4 heteroatoms. The standard InChI is InChI=1S/C13H26N2O2/c1-5-15(11(2)3)13(16)14(4)10-12-8-6-7-9-17-12/h11-12H,5-10H2,1-4H3/t12-/m1/s1. The molecule has 0 aromatic rings. The third-order valence-corrected chi connectivity index (χ3v) is 3.29. The van der Waals surface area contributed by atoms with E-state index in [9.17, 15) is 4.79 Å². The van der Waals surface area contributed by atoms with Gasteiger partial charge in [-0.05, 0) is 40.0 Å². The molecule has 1 rings (SSSR count). The summed E-state index contributed by atoms with van der Waals surface area (Å²) >= 11 is 0. The van der Waals surface area contributed by atoms with E-state index < -0.39 is 0 Å². The Bertz CT molecular complexity index is 238. The van der Waals surface area contributed by atoms with Crippen molar-refractivity contribution in [2.24, 2.45) is 0 Å². The van der Waals surface area contributed by atoms with Crippen LogP contribution in [-0.2, 0) is 4.74 Å². The van der Waals surface area contributed by atoms with Gasteiger partial charge in [0.25, 0.3) is 0 Å². The average molecular weight is 242 g/mol. The lowest BCUT2D eigenvalue weighted by Crippen LogP contribution is -2.47. The smallest absolute Gasteiger partial charge is 0.320 e. The minimum atomic E-state index is 0.108. The number of carbonyl (C=O) groups is 1. The van der Waals surface area contributed by atoms with E-state index in [1.807, 2.05) is 32.7 Å². The number of ether oxygens (including phenoxy) is 1. The van der Waals surface area contributed by atoms with Gasteiger partial charge < -0.3 is 14.5 Å². The second-order valence-corrected chi connectivity index (χ2v) is 5.03. The Morgan fingerprint density at radius 3 is 2.59 bits per heavy atom. The van der Waals surface area contributed by atoms with Gasteiger partial charge in [-0.2, -0.15) is 0 Å². The summed E-state index contributed by atoms with van der Waals surface area (Å²) in [6, 6.07) is 0.360. The summed E-state index contributed by atoms with van der Waals surface area (Å²) < 4.78 is 5.66. The Morgan fingerprint density at radius 1 is 1.41 bits per heavy atom. The molecule has 0 bridgehead atoms. The lowest BCUT2D eigenvalue weighted by Gasteiger charge is -2.33. The molecule has 0 aromatic carbocycles. The molecule has 1 aliphatic heterocycles. The van der Waals surface area contributed by atoms with E-state index in [2.05, 4.69) is 0 Å². The first-order valence-corrected chi connectivity index (χ1v) is 6.69. The normalized spacial score (nSPS) is 20.4. The number of rotatable bonds is 4. The highest BCUT2D eigenvalue weighted by Gasteiger charge is 2.23. The van der Waals surface area contributed by atoms with Crippen LogP contribution in [0, 0.1) is 0 Å². The van der Waals surface area contributed by atoms with Gasteiger partial charge in [0, 0.05) is 32.8 Å². The van der Waals surface area contributed by atoms with E-state index in [1.54, 1.807) is 4.90 Å². The van der Waals surface area contributed by atoms with Gasteiger partial charge in [0.2, 0.25) is 0 Å². The van der Waals surface area contributed by atoms with E-state index in [0.717, 1.165) is 26.0 Å². The van der Waals surface area contributed by atoms with Crippen LogP contribution in [0.5, 0.6) is 0 Å². The first kappa shape index (κ1) is 14.3. The van der Waals surface area contributed by atoms with Gasteiger partial charge in [-0.3, -0.25) is 0 Å². The van der Waals surface area contributed by atoms with Crippen LogP contribution in [0.25, 0.3) is 0 Å². The third kappa shape index (κ3) is 4.19. The first-order chi connectivity index (χ1) is 8.06. The topological polar surface area (TPSA) is 32.8 Å². The largest absolute Gasteiger partial charge is 0.376 e. The molecule has 0 aromatic heterocycles. The highest BCUT2D eigenvalue weighted by atomic mass is 16.5. The van der Waals surface area contributed by atoms with Crippen LogP contribution >= 0.6 is 0 Å². The summed E-state index contributed by atoms with van der Waals surface area (Å²) in [5.74, 6) is 0. The van der Waals surface area contributed by atoms with Crippen molar-refractivity contribution in [3.63, 3.8) is 0 Å². The molecular weight excluding hydrogens is 216 g/mol. The fraction of sp³-hybridized carbons (Fsp3) is 0.923. The molecule has 100 valence electrons. The summed E-state index contributed by atoms with van der Waals surface area (Å²) in [4.78, 5) is 15.9. The van der Waals surface area contributed by atoms with Gasteiger partial charge in [-0.15, -0.1) is 0 Å². The fourth-order valence-electron chi connectivity index (χ4n) is 2.28. The molecule has 1 heterocycles. The van der Waals surface area contributed by atoms with E-state index in [0.29, 0.717) is 6.54 Å². The second-order valence-electron chi connectivity index (χ2n) is 5.03. The molecule has 2 amide bonds. The van der Waals surface area contributed by atoms with Gasteiger partial charge in [0.05, 0.1) is 6.10 Å². The zero-order valence-electron chi connectivity index (χ0n) is 11.6. The van der Waals surface area contributed by atoms with Gasteiger partial charge in [0.15, 0.2) is 0 Å². The maximum Gasteiger partial charge on any atom is 0.320 e. The number of hydrogen-bond donors (Lipinski definition) is 0. The highest BCUT2D eigenvalue weighted by molar-refractivity contribution is 5.74. The summed E-state index contributed by atoms with van der Waals surface area (Å²) in [6.07, 6.45) is 3.67. The maximum absolute atomic E-state index is 12.2. The van der Waals surface area contributed by atoms with E-state index in [-0.39, 0.29) is 18.2 Å². The Hall–Kier alpha value is -0.770. The molecule has 1 aliphatic rings. The van der Waals surface area contributed by atoms with E-state index in [4.69, 9.17) is 4.74 Å². The molecule has 0 radical (unpaired) electrons. The fourth-order valence-corrected chi connectivity index (χ4v) is 2.28. The zero-order valence-corrected chi connectivity index (χ0v) is 11.6. The third-order valence-electron chi connectivity index (χ3n) is 3.29. The zero-order chi connectivity index (χ0) is 12.8. The predicted molar refractivity (Wildman–Crippen MR) is 69.1 cm³/mol. The quantitative estimate of drug-likeness (QED) is 0.758. The minimum Gasteiger partial charge on any atom is -0.376 e. The first-order valence-electron chi connectivity index (χ1n) is 6.69. The van der Waals surface area contributed by atoms with Crippen molar-refractivity contribution in [2.75, 3.05) is 26.7 Å². The van der Waals surface area contributed by atoms with Gasteiger partial charge in [-0.1, -0.05) is 0 Å². The van der Waals surface area contributed by atoms with Crippen molar-refractivity contribution in [2.45, 2.75) is 52.2 Å². The molecule has 4 nitrogen and oxygen atoms in total. The number of amides is 2. The van der Waals surface area contributed by atoms with Gasteiger partial charge in [0.1, 0.15) is 0 Å². The van der Waals surface area contributed by atoms with Crippen LogP contribution in [0.4, 0.5) is 4.79 Å². The number of hydrogen-bond acceptors (Lipinski definition) is 2. The molecule has 1 atom stereocenters. The molecule has 0 unspecified atom stereocenters. The molecule has 17 heavy (non-hydrogen) atoms. The monoisotopic (exact) mass is 242 g/mol. The summed E-state index contributed by atoms with van der Waals surface area (Å²) in [6.45, 7) is 8.42. The van der Waals surface area contributed by atoms with Gasteiger partial charge in [-0.25, -0.2) is 4.79 Å². The maximum atomic E-state index is 12.2. The van der Waals surface area contributed by atoms with Crippen molar-refractivity contribution in [3.05, 3.63) is 0 Å². The molecular formula is C13H26N2O2. The Labute approximate surface area is 105 Å². The summed E-state index contributed by atoms with van der Waals surface area (Å²) in [5, 5.41) is 0. The molecule has 1 fully saturated rings. The predicted octanol–water partition coefficient (Wildman–Crippen LogP) is 2.34. The Balaban J connectivity index is 2.44. The molecule has 0 saturated carbocycles. The van der Waals surface area contributed by atoms with Crippen LogP contribution in [0.3, 0.4) is 0 Å². The molecule has 0 N–H and O–H groups in total. The molecule has 1 saturated heterocycles. The average Bonchev–Trinajstić information content (AvgIpc) is 2.30. The van der Waals surface area contributed by atoms with Crippen LogP contribution in [0.1, 0.15) is 40.0 Å². The number of likely N-dealkylation sites (N-methyl/N-ethyl adjacent to an activating group) is 1. The SMILES string of the molecule is CCN(C(=O)N(C)C[C@H]1CCCCO1)C(C)C. The van der Waals surface area contributed by atoms with Crippen LogP contribution < -0.4 is 0 Å². The lowest BCUT2D eigenvalue weighted by molar-refractivity contribution is 0.00116. The number of nitrogens with zero attached hydrogens (tertiary/aromatic N) is 2. The Kier molecular flexibility index (Phi) is 5.75. The lowest BCUT2D eigenvalue weighted by atomic mass is 10.1. The van der Waals surface area contributed by atoms with Gasteiger partial charge >= 0.3 is 6.03 Å². The van der Waals surface area contributed by atoms with E-state index >= 15 is 0 Å². The van der Waals surface area contributed by atoms with Crippen molar-refractivity contribution < 1.29 is 9.53 Å². The molecule has 0 spiro atoms. The van der Waals surface area contributed by atoms with E-state index in [1.165, 1.54) is 6.42 Å². The summed E-state index contributed by atoms with van der Waals surface area (Å²) in [7, 11) is 1.87.